The second-order valence-corrected chi connectivity index (χ2v) is 9.27. The molecule has 0 unspecified atom stereocenters. The molecule has 4 nitrogen and oxygen atoms in total. The summed E-state index contributed by atoms with van der Waals surface area (Å²) < 4.78 is 12.9. The number of amides is 1. The third kappa shape index (κ3) is 5.43. The van der Waals surface area contributed by atoms with Crippen LogP contribution in [0.2, 0.25) is 0 Å². The van der Waals surface area contributed by atoms with Gasteiger partial charge in [0.25, 0.3) is 0 Å². The van der Waals surface area contributed by atoms with E-state index in [0.717, 1.165) is 32.3 Å². The molecule has 0 atom stereocenters. The highest BCUT2D eigenvalue weighted by Crippen LogP contribution is 2.34. The summed E-state index contributed by atoms with van der Waals surface area (Å²) in [6, 6.07) is 6.46. The lowest BCUT2D eigenvalue weighted by Gasteiger charge is -2.06. The van der Waals surface area contributed by atoms with Crippen LogP contribution in [0.25, 0.3) is 10.2 Å². The molecule has 2 aromatic heterocycles. The molecule has 0 fully saturated rings. The standard InChI is InChI=1S/C19H20FN3OS3/c1-12-13(2)27-19-17(12)18(22-11-23-19)26-10-16(24)21-8-3-9-25-15-6-4-14(20)5-7-15/h4-7,11H,3,8-10H2,1-2H3,(H,21,24). The van der Waals surface area contributed by atoms with Gasteiger partial charge in [0.15, 0.2) is 0 Å². The summed E-state index contributed by atoms with van der Waals surface area (Å²) in [7, 11) is 0. The van der Waals surface area contributed by atoms with Crippen molar-refractivity contribution in [2.24, 2.45) is 0 Å². The molecule has 3 rings (SSSR count). The zero-order valence-corrected chi connectivity index (χ0v) is 17.6. The summed E-state index contributed by atoms with van der Waals surface area (Å²) in [6.45, 7) is 4.77. The highest BCUT2D eigenvalue weighted by molar-refractivity contribution is 8.00. The van der Waals surface area contributed by atoms with E-state index in [1.54, 1.807) is 41.6 Å². The van der Waals surface area contributed by atoms with Gasteiger partial charge >= 0.3 is 0 Å². The Morgan fingerprint density at radius 1 is 1.19 bits per heavy atom. The molecule has 0 spiro atoms. The Labute approximate surface area is 170 Å². The molecule has 1 amide bonds. The molecule has 0 aliphatic rings. The van der Waals surface area contributed by atoms with Gasteiger partial charge in [-0.05, 0) is 55.9 Å². The summed E-state index contributed by atoms with van der Waals surface area (Å²) in [6.07, 6.45) is 2.42. The number of nitrogens with zero attached hydrogens (tertiary/aromatic N) is 2. The van der Waals surface area contributed by atoms with Gasteiger partial charge in [-0.15, -0.1) is 23.1 Å². The maximum atomic E-state index is 12.9. The van der Waals surface area contributed by atoms with E-state index in [0.29, 0.717) is 12.3 Å². The Kier molecular flexibility index (Phi) is 7.09. The molecule has 0 saturated carbocycles. The molecule has 142 valence electrons. The number of aromatic nitrogens is 2. The summed E-state index contributed by atoms with van der Waals surface area (Å²) in [5.74, 6) is 0.992. The first-order chi connectivity index (χ1) is 13.0. The van der Waals surface area contributed by atoms with E-state index in [9.17, 15) is 9.18 Å². The average Bonchev–Trinajstić information content (AvgIpc) is 2.96. The van der Waals surface area contributed by atoms with Crippen LogP contribution in [0.4, 0.5) is 4.39 Å². The van der Waals surface area contributed by atoms with E-state index in [1.807, 2.05) is 0 Å². The average molecular weight is 422 g/mol. The molecule has 3 aromatic rings. The number of hydrogen-bond acceptors (Lipinski definition) is 6. The zero-order chi connectivity index (χ0) is 19.2. The van der Waals surface area contributed by atoms with Crippen LogP contribution in [0.3, 0.4) is 0 Å². The minimum Gasteiger partial charge on any atom is -0.355 e. The quantitative estimate of drug-likeness (QED) is 0.320. The van der Waals surface area contributed by atoms with Gasteiger partial charge in [0.1, 0.15) is 22.0 Å². The van der Waals surface area contributed by atoms with Crippen LogP contribution >= 0.6 is 34.9 Å². The van der Waals surface area contributed by atoms with Crippen LogP contribution in [0.15, 0.2) is 40.5 Å². The fourth-order valence-corrected chi connectivity index (χ4v) is 5.27. The Balaban J connectivity index is 1.41. The third-order valence-corrected chi connectivity index (χ3v) is 7.20. The molecule has 8 heteroatoms. The van der Waals surface area contributed by atoms with Crippen LogP contribution in [0.5, 0.6) is 0 Å². The first kappa shape index (κ1) is 20.1. The van der Waals surface area contributed by atoms with Gasteiger partial charge in [-0.2, -0.15) is 0 Å². The lowest BCUT2D eigenvalue weighted by molar-refractivity contribution is -0.118. The molecule has 2 heterocycles. The minimum absolute atomic E-state index is 0.00292. The number of carbonyl (C=O) groups is 1. The number of benzene rings is 1. The maximum absolute atomic E-state index is 12.9. The minimum atomic E-state index is -0.224. The van der Waals surface area contributed by atoms with Crippen molar-refractivity contribution in [2.75, 3.05) is 18.1 Å². The second-order valence-electron chi connectivity index (χ2n) is 5.94. The fourth-order valence-electron chi connectivity index (χ4n) is 2.47. The van der Waals surface area contributed by atoms with Crippen molar-refractivity contribution in [3.05, 3.63) is 46.9 Å². The Hall–Kier alpha value is -1.64. The summed E-state index contributed by atoms with van der Waals surface area (Å²) >= 11 is 4.76. The predicted molar refractivity (Wildman–Crippen MR) is 112 cm³/mol. The van der Waals surface area contributed by atoms with E-state index in [1.165, 1.54) is 34.3 Å². The molecular weight excluding hydrogens is 401 g/mol. The molecular formula is C19H20FN3OS3. The number of carbonyl (C=O) groups excluding carboxylic acids is 1. The molecule has 27 heavy (non-hydrogen) atoms. The van der Waals surface area contributed by atoms with Gasteiger partial charge < -0.3 is 5.32 Å². The van der Waals surface area contributed by atoms with Crippen molar-refractivity contribution in [1.29, 1.82) is 0 Å². The number of rotatable bonds is 8. The Morgan fingerprint density at radius 3 is 2.74 bits per heavy atom. The molecule has 1 aromatic carbocycles. The van der Waals surface area contributed by atoms with Crippen molar-refractivity contribution < 1.29 is 9.18 Å². The third-order valence-electron chi connectivity index (χ3n) is 4.00. The SMILES string of the molecule is Cc1sc2ncnc(SCC(=O)NCCCSc3ccc(F)cc3)c2c1C. The van der Waals surface area contributed by atoms with Crippen LogP contribution in [0.1, 0.15) is 16.9 Å². The van der Waals surface area contributed by atoms with E-state index in [2.05, 4.69) is 29.1 Å². The molecule has 0 saturated heterocycles. The van der Waals surface area contributed by atoms with Crippen molar-refractivity contribution in [3.63, 3.8) is 0 Å². The number of aryl methyl sites for hydroxylation is 2. The van der Waals surface area contributed by atoms with Crippen molar-refractivity contribution in [1.82, 2.24) is 15.3 Å². The normalized spacial score (nSPS) is 11.1. The molecule has 0 bridgehead atoms. The van der Waals surface area contributed by atoms with Gasteiger partial charge in [0.2, 0.25) is 5.91 Å². The van der Waals surface area contributed by atoms with Crippen LogP contribution in [-0.2, 0) is 4.79 Å². The highest BCUT2D eigenvalue weighted by Gasteiger charge is 2.13. The van der Waals surface area contributed by atoms with Crippen molar-refractivity contribution >= 4 is 51.0 Å². The molecule has 0 aliphatic carbocycles. The summed E-state index contributed by atoms with van der Waals surface area (Å²) in [4.78, 5) is 24.0. The Morgan fingerprint density at radius 2 is 1.96 bits per heavy atom. The lowest BCUT2D eigenvalue weighted by atomic mass is 10.2. The van der Waals surface area contributed by atoms with E-state index < -0.39 is 0 Å². The first-order valence-electron chi connectivity index (χ1n) is 8.53. The monoisotopic (exact) mass is 421 g/mol. The van der Waals surface area contributed by atoms with Crippen LogP contribution in [0, 0.1) is 19.7 Å². The van der Waals surface area contributed by atoms with Gasteiger partial charge in [0, 0.05) is 21.7 Å². The number of fused-ring (bicyclic) bond motifs is 1. The number of hydrogen-bond donors (Lipinski definition) is 1. The smallest absolute Gasteiger partial charge is 0.230 e. The second kappa shape index (κ2) is 9.52. The lowest BCUT2D eigenvalue weighted by Crippen LogP contribution is -2.26. The van der Waals surface area contributed by atoms with E-state index in [-0.39, 0.29) is 11.7 Å². The summed E-state index contributed by atoms with van der Waals surface area (Å²) in [5, 5.41) is 4.87. The van der Waals surface area contributed by atoms with Gasteiger partial charge in [0.05, 0.1) is 5.75 Å². The number of halogens is 1. The number of thioether (sulfide) groups is 2. The topological polar surface area (TPSA) is 54.9 Å². The molecule has 0 aliphatic heterocycles. The number of thiophene rings is 1. The maximum Gasteiger partial charge on any atom is 0.230 e. The van der Waals surface area contributed by atoms with Gasteiger partial charge in [-0.1, -0.05) is 11.8 Å². The predicted octanol–water partition coefficient (Wildman–Crippen LogP) is 4.84. The van der Waals surface area contributed by atoms with Gasteiger partial charge in [-0.25, -0.2) is 14.4 Å². The highest BCUT2D eigenvalue weighted by atomic mass is 32.2. The van der Waals surface area contributed by atoms with Crippen LogP contribution < -0.4 is 5.32 Å². The molecule has 0 radical (unpaired) electrons. The van der Waals surface area contributed by atoms with Crippen molar-refractivity contribution in [2.45, 2.75) is 30.2 Å². The summed E-state index contributed by atoms with van der Waals surface area (Å²) in [5.41, 5.74) is 1.19. The van der Waals surface area contributed by atoms with E-state index in [4.69, 9.17) is 0 Å². The Bertz CT molecular complexity index is 928. The largest absolute Gasteiger partial charge is 0.355 e. The first-order valence-corrected chi connectivity index (χ1v) is 11.3. The van der Waals surface area contributed by atoms with Gasteiger partial charge in [-0.3, -0.25) is 4.79 Å². The van der Waals surface area contributed by atoms with Crippen LogP contribution in [-0.4, -0.2) is 33.9 Å². The fraction of sp³-hybridized carbons (Fsp3) is 0.316. The number of nitrogens with one attached hydrogen (secondary N) is 1. The van der Waals surface area contributed by atoms with E-state index >= 15 is 0 Å². The zero-order valence-electron chi connectivity index (χ0n) is 15.1. The molecule has 1 N–H and O–H groups in total. The van der Waals surface area contributed by atoms with Crippen molar-refractivity contribution in [3.8, 4) is 0 Å².